The van der Waals surface area contributed by atoms with E-state index in [-0.39, 0.29) is 0 Å². The lowest BCUT2D eigenvalue weighted by molar-refractivity contribution is 0.614. The Morgan fingerprint density at radius 2 is 1.12 bits per heavy atom. The molecule has 0 unspecified atom stereocenters. The average Bonchev–Trinajstić information content (AvgIpc) is 3.28. The van der Waals surface area contributed by atoms with E-state index in [0.29, 0.717) is 0 Å². The van der Waals surface area contributed by atoms with Crippen molar-refractivity contribution < 1.29 is 4.42 Å². The van der Waals surface area contributed by atoms with Gasteiger partial charge >= 0.3 is 0 Å². The molecule has 6 rings (SSSR count). The van der Waals surface area contributed by atoms with Crippen molar-refractivity contribution in [3.8, 4) is 22.3 Å². The smallest absolute Gasteiger partial charge is 0.141 e. The van der Waals surface area contributed by atoms with Gasteiger partial charge in [-0.05, 0) is 56.3 Å². The third-order valence-corrected chi connectivity index (χ3v) is 6.82. The van der Waals surface area contributed by atoms with Crippen LogP contribution >= 0.6 is 0 Å². The SMILES string of the molecule is C=Cc1c(C=C)c(-c2cccc3c(C)coc23)c2ccccc2c1-c1cccc2ccccc12. The molecule has 0 amide bonds. The highest BCUT2D eigenvalue weighted by Crippen LogP contribution is 2.46. The highest BCUT2D eigenvalue weighted by Gasteiger charge is 2.21. The van der Waals surface area contributed by atoms with Gasteiger partial charge < -0.3 is 4.42 Å². The summed E-state index contributed by atoms with van der Waals surface area (Å²) in [6, 6.07) is 30.0. The summed E-state index contributed by atoms with van der Waals surface area (Å²) in [4.78, 5) is 0. The first-order valence-electron chi connectivity index (χ1n) is 11.5. The van der Waals surface area contributed by atoms with Crippen molar-refractivity contribution in [1.82, 2.24) is 0 Å². The first-order valence-corrected chi connectivity index (χ1v) is 11.5. The van der Waals surface area contributed by atoms with Crippen LogP contribution in [0, 0.1) is 6.92 Å². The number of furan rings is 1. The topological polar surface area (TPSA) is 13.1 Å². The molecule has 0 aliphatic carbocycles. The minimum absolute atomic E-state index is 0.904. The molecule has 1 nitrogen and oxygen atoms in total. The lowest BCUT2D eigenvalue weighted by Gasteiger charge is -2.21. The third kappa shape index (κ3) is 2.87. The fraction of sp³-hybridized carbons (Fsp3) is 0.0303. The summed E-state index contributed by atoms with van der Waals surface area (Å²) in [5.74, 6) is 0. The van der Waals surface area contributed by atoms with E-state index in [0.717, 1.165) is 38.8 Å². The Hall–Kier alpha value is -4.36. The molecule has 1 aromatic heterocycles. The number of rotatable bonds is 4. The quantitative estimate of drug-likeness (QED) is 0.268. The standard InChI is InChI=1S/C33H24O/c1-4-23-24(5-2)32(30-19-11-17-25-21(3)20-34-33(25)30)29-16-9-8-15-28(29)31(23)27-18-10-13-22-12-6-7-14-26(22)27/h4-20H,1-2H2,3H3. The molecule has 0 aliphatic heterocycles. The van der Waals surface area contributed by atoms with Crippen LogP contribution in [0.4, 0.5) is 0 Å². The average molecular weight is 437 g/mol. The Labute approximate surface area is 199 Å². The monoisotopic (exact) mass is 436 g/mol. The van der Waals surface area contributed by atoms with Gasteiger partial charge in [0.05, 0.1) is 6.26 Å². The van der Waals surface area contributed by atoms with E-state index in [1.165, 1.54) is 32.7 Å². The van der Waals surface area contributed by atoms with Crippen molar-refractivity contribution in [2.24, 2.45) is 0 Å². The Bertz CT molecular complexity index is 1740. The number of hydrogen-bond acceptors (Lipinski definition) is 1. The second-order valence-corrected chi connectivity index (χ2v) is 8.66. The van der Waals surface area contributed by atoms with Gasteiger partial charge in [0.1, 0.15) is 5.58 Å². The summed E-state index contributed by atoms with van der Waals surface area (Å²) >= 11 is 0. The number of para-hydroxylation sites is 1. The van der Waals surface area contributed by atoms with E-state index in [2.05, 4.69) is 105 Å². The number of benzene rings is 5. The zero-order valence-electron chi connectivity index (χ0n) is 19.1. The summed E-state index contributed by atoms with van der Waals surface area (Å²) in [7, 11) is 0. The number of fused-ring (bicyclic) bond motifs is 3. The number of hydrogen-bond donors (Lipinski definition) is 0. The summed E-state index contributed by atoms with van der Waals surface area (Å²) in [5, 5.41) is 5.95. The molecule has 0 aliphatic rings. The Balaban J connectivity index is 1.82. The number of aryl methyl sites for hydroxylation is 1. The minimum atomic E-state index is 0.904. The van der Waals surface area contributed by atoms with Gasteiger partial charge in [-0.2, -0.15) is 0 Å². The minimum Gasteiger partial charge on any atom is -0.463 e. The van der Waals surface area contributed by atoms with Crippen molar-refractivity contribution in [2.45, 2.75) is 6.92 Å². The molecule has 1 heteroatoms. The summed E-state index contributed by atoms with van der Waals surface area (Å²) in [6.45, 7) is 10.6. The molecule has 6 aromatic rings. The molecule has 0 fully saturated rings. The molecular weight excluding hydrogens is 412 g/mol. The van der Waals surface area contributed by atoms with E-state index >= 15 is 0 Å². The van der Waals surface area contributed by atoms with Crippen molar-refractivity contribution in [2.75, 3.05) is 0 Å². The maximum atomic E-state index is 6.07. The van der Waals surface area contributed by atoms with E-state index in [4.69, 9.17) is 4.42 Å². The van der Waals surface area contributed by atoms with Gasteiger partial charge in [-0.1, -0.05) is 110 Å². The van der Waals surface area contributed by atoms with Crippen LogP contribution in [0.1, 0.15) is 16.7 Å². The van der Waals surface area contributed by atoms with Gasteiger partial charge in [0.2, 0.25) is 0 Å². The molecule has 1 heterocycles. The fourth-order valence-corrected chi connectivity index (χ4v) is 5.31. The maximum Gasteiger partial charge on any atom is 0.141 e. The van der Waals surface area contributed by atoms with Crippen molar-refractivity contribution in [3.05, 3.63) is 121 Å². The summed E-state index contributed by atoms with van der Waals surface area (Å²) in [6.07, 6.45) is 5.77. The van der Waals surface area contributed by atoms with Crippen LogP contribution in [-0.2, 0) is 0 Å². The first-order chi connectivity index (χ1) is 16.7. The lowest BCUT2D eigenvalue weighted by Crippen LogP contribution is -1.96. The first kappa shape index (κ1) is 20.3. The van der Waals surface area contributed by atoms with E-state index in [1.807, 2.05) is 18.4 Å². The van der Waals surface area contributed by atoms with Gasteiger partial charge in [0.15, 0.2) is 0 Å². The predicted octanol–water partition coefficient (Wildman–Crippen LogP) is 9.67. The normalized spacial score (nSPS) is 11.3. The van der Waals surface area contributed by atoms with Crippen LogP contribution in [0.15, 0.2) is 109 Å². The fourth-order valence-electron chi connectivity index (χ4n) is 5.31. The van der Waals surface area contributed by atoms with E-state index in [1.54, 1.807) is 0 Å². The Morgan fingerprint density at radius 1 is 0.588 bits per heavy atom. The molecular formula is C33H24O. The molecule has 0 radical (unpaired) electrons. The van der Waals surface area contributed by atoms with Crippen molar-refractivity contribution in [1.29, 1.82) is 0 Å². The molecule has 5 aromatic carbocycles. The van der Waals surface area contributed by atoms with Crippen LogP contribution < -0.4 is 0 Å². The van der Waals surface area contributed by atoms with Crippen molar-refractivity contribution in [3.63, 3.8) is 0 Å². The molecule has 0 saturated carbocycles. The summed E-state index contributed by atoms with van der Waals surface area (Å²) < 4.78 is 6.07. The summed E-state index contributed by atoms with van der Waals surface area (Å²) in [5.41, 5.74) is 8.78. The van der Waals surface area contributed by atoms with Crippen LogP contribution in [-0.4, -0.2) is 0 Å². The van der Waals surface area contributed by atoms with Gasteiger partial charge in [-0.25, -0.2) is 0 Å². The molecule has 0 saturated heterocycles. The van der Waals surface area contributed by atoms with Crippen LogP contribution in [0.2, 0.25) is 0 Å². The molecule has 34 heavy (non-hydrogen) atoms. The van der Waals surface area contributed by atoms with E-state index < -0.39 is 0 Å². The van der Waals surface area contributed by atoms with E-state index in [9.17, 15) is 0 Å². The molecule has 0 atom stereocenters. The van der Waals surface area contributed by atoms with Crippen molar-refractivity contribution >= 4 is 44.7 Å². The maximum absolute atomic E-state index is 6.07. The molecule has 0 N–H and O–H groups in total. The second kappa shape index (κ2) is 7.90. The van der Waals surface area contributed by atoms with Gasteiger partial charge in [-0.15, -0.1) is 0 Å². The van der Waals surface area contributed by atoms with Crippen LogP contribution in [0.3, 0.4) is 0 Å². The zero-order valence-corrected chi connectivity index (χ0v) is 19.1. The highest BCUT2D eigenvalue weighted by atomic mass is 16.3. The molecule has 0 spiro atoms. The van der Waals surface area contributed by atoms with Gasteiger partial charge in [0, 0.05) is 16.5 Å². The highest BCUT2D eigenvalue weighted by molar-refractivity contribution is 6.16. The van der Waals surface area contributed by atoms with Gasteiger partial charge in [-0.3, -0.25) is 0 Å². The van der Waals surface area contributed by atoms with Gasteiger partial charge in [0.25, 0.3) is 0 Å². The second-order valence-electron chi connectivity index (χ2n) is 8.66. The Kier molecular flexibility index (Phi) is 4.71. The van der Waals surface area contributed by atoms with Crippen LogP contribution in [0.25, 0.3) is 66.9 Å². The molecule has 162 valence electrons. The lowest BCUT2D eigenvalue weighted by atomic mass is 9.82. The Morgan fingerprint density at radius 3 is 1.82 bits per heavy atom. The zero-order chi connectivity index (χ0) is 23.2. The molecule has 0 bridgehead atoms. The largest absolute Gasteiger partial charge is 0.463 e. The van der Waals surface area contributed by atoms with Crippen LogP contribution in [0.5, 0.6) is 0 Å². The third-order valence-electron chi connectivity index (χ3n) is 6.82. The predicted molar refractivity (Wildman–Crippen MR) is 147 cm³/mol.